The third-order valence-corrected chi connectivity index (χ3v) is 3.84. The first-order valence-electron chi connectivity index (χ1n) is 6.68. The Morgan fingerprint density at radius 2 is 2.10 bits per heavy atom. The number of pyridine rings is 1. The Labute approximate surface area is 127 Å². The molecule has 2 heterocycles. The van der Waals surface area contributed by atoms with Crippen molar-refractivity contribution in [2.75, 3.05) is 18.0 Å². The van der Waals surface area contributed by atoms with E-state index in [-0.39, 0.29) is 5.91 Å². The molecule has 0 saturated carbocycles. The normalized spacial score (nSPS) is 10.8. The summed E-state index contributed by atoms with van der Waals surface area (Å²) in [7, 11) is 0. The van der Waals surface area contributed by atoms with Crippen molar-refractivity contribution >= 4 is 28.6 Å². The van der Waals surface area contributed by atoms with Crippen molar-refractivity contribution in [3.05, 3.63) is 41.2 Å². The molecule has 110 valence electrons. The van der Waals surface area contributed by atoms with Crippen LogP contribution in [0.3, 0.4) is 0 Å². The lowest BCUT2D eigenvalue weighted by Gasteiger charge is -2.16. The fourth-order valence-corrected chi connectivity index (χ4v) is 2.61. The SMILES string of the molecule is CCN(CC)c1ncc(C=NNC(=O)c2ccncc2)s1. The van der Waals surface area contributed by atoms with Gasteiger partial charge in [-0.05, 0) is 26.0 Å². The summed E-state index contributed by atoms with van der Waals surface area (Å²) in [4.78, 5) is 23.0. The zero-order valence-corrected chi connectivity index (χ0v) is 12.8. The number of nitrogens with zero attached hydrogens (tertiary/aromatic N) is 4. The second-order valence-electron chi connectivity index (χ2n) is 4.15. The van der Waals surface area contributed by atoms with E-state index in [2.05, 4.69) is 39.2 Å². The summed E-state index contributed by atoms with van der Waals surface area (Å²) in [5.41, 5.74) is 3.01. The molecular formula is C14H17N5OS. The highest BCUT2D eigenvalue weighted by Gasteiger charge is 2.06. The number of aromatic nitrogens is 2. The quantitative estimate of drug-likeness (QED) is 0.655. The van der Waals surface area contributed by atoms with Gasteiger partial charge in [-0.15, -0.1) is 0 Å². The van der Waals surface area contributed by atoms with Crippen LogP contribution < -0.4 is 10.3 Å². The van der Waals surface area contributed by atoms with Gasteiger partial charge in [0.1, 0.15) is 0 Å². The minimum atomic E-state index is -0.262. The number of thiazole rings is 1. The standard InChI is InChI=1S/C14H17N5OS/c1-3-19(4-2)14-16-9-12(21-14)10-17-18-13(20)11-5-7-15-8-6-11/h5-10H,3-4H2,1-2H3,(H,18,20). The zero-order chi connectivity index (χ0) is 15.1. The molecule has 0 aliphatic carbocycles. The van der Waals surface area contributed by atoms with Crippen molar-refractivity contribution in [2.45, 2.75) is 13.8 Å². The molecule has 2 aromatic rings. The van der Waals surface area contributed by atoms with Gasteiger partial charge in [0.05, 0.1) is 11.1 Å². The van der Waals surface area contributed by atoms with Gasteiger partial charge in [0, 0.05) is 37.2 Å². The van der Waals surface area contributed by atoms with Gasteiger partial charge in [-0.3, -0.25) is 9.78 Å². The van der Waals surface area contributed by atoms with E-state index in [1.165, 1.54) is 0 Å². The van der Waals surface area contributed by atoms with Crippen molar-refractivity contribution < 1.29 is 4.79 Å². The van der Waals surface area contributed by atoms with Gasteiger partial charge in [0.15, 0.2) is 5.13 Å². The minimum Gasteiger partial charge on any atom is -0.349 e. The van der Waals surface area contributed by atoms with Gasteiger partial charge in [-0.25, -0.2) is 10.4 Å². The van der Waals surface area contributed by atoms with Crippen LogP contribution in [-0.4, -0.2) is 35.2 Å². The van der Waals surface area contributed by atoms with E-state index in [0.717, 1.165) is 23.1 Å². The lowest BCUT2D eigenvalue weighted by molar-refractivity contribution is 0.0955. The molecule has 0 aliphatic heterocycles. The zero-order valence-electron chi connectivity index (χ0n) is 12.0. The van der Waals surface area contributed by atoms with E-state index in [1.807, 2.05) is 0 Å². The van der Waals surface area contributed by atoms with Crippen LogP contribution in [0.4, 0.5) is 5.13 Å². The summed E-state index contributed by atoms with van der Waals surface area (Å²) in [5, 5.41) is 4.91. The molecule has 0 bridgehead atoms. The predicted octanol–water partition coefficient (Wildman–Crippen LogP) is 2.15. The van der Waals surface area contributed by atoms with Crippen LogP contribution in [0.15, 0.2) is 35.8 Å². The van der Waals surface area contributed by atoms with E-state index < -0.39 is 0 Å². The topological polar surface area (TPSA) is 70.5 Å². The predicted molar refractivity (Wildman–Crippen MR) is 85.0 cm³/mol. The van der Waals surface area contributed by atoms with Gasteiger partial charge in [-0.2, -0.15) is 5.10 Å². The van der Waals surface area contributed by atoms with Crippen molar-refractivity contribution in [1.29, 1.82) is 0 Å². The lowest BCUT2D eigenvalue weighted by atomic mass is 10.3. The molecule has 0 atom stereocenters. The highest BCUT2D eigenvalue weighted by Crippen LogP contribution is 2.20. The Hall–Kier alpha value is -2.28. The average Bonchev–Trinajstić information content (AvgIpc) is 2.98. The molecule has 0 saturated heterocycles. The largest absolute Gasteiger partial charge is 0.349 e. The van der Waals surface area contributed by atoms with Crippen molar-refractivity contribution in [3.8, 4) is 0 Å². The van der Waals surface area contributed by atoms with E-state index in [1.54, 1.807) is 48.3 Å². The maximum absolute atomic E-state index is 11.8. The van der Waals surface area contributed by atoms with Crippen LogP contribution in [0.5, 0.6) is 0 Å². The number of nitrogens with one attached hydrogen (secondary N) is 1. The molecule has 2 rings (SSSR count). The van der Waals surface area contributed by atoms with Crippen LogP contribution in [0, 0.1) is 0 Å². The first-order chi connectivity index (χ1) is 10.2. The van der Waals surface area contributed by atoms with Crippen LogP contribution in [0.25, 0.3) is 0 Å². The Morgan fingerprint density at radius 1 is 1.38 bits per heavy atom. The molecule has 0 fully saturated rings. The third-order valence-electron chi connectivity index (χ3n) is 2.85. The summed E-state index contributed by atoms with van der Waals surface area (Å²) < 4.78 is 0. The van der Waals surface area contributed by atoms with Crippen LogP contribution in [0.1, 0.15) is 29.1 Å². The van der Waals surface area contributed by atoms with Gasteiger partial charge in [-0.1, -0.05) is 11.3 Å². The highest BCUT2D eigenvalue weighted by atomic mass is 32.1. The van der Waals surface area contributed by atoms with E-state index >= 15 is 0 Å². The van der Waals surface area contributed by atoms with Crippen LogP contribution in [-0.2, 0) is 0 Å². The minimum absolute atomic E-state index is 0.262. The molecule has 1 amide bonds. The molecule has 0 radical (unpaired) electrons. The Kier molecular flexibility index (Phi) is 5.39. The maximum Gasteiger partial charge on any atom is 0.271 e. The number of carbonyl (C=O) groups is 1. The van der Waals surface area contributed by atoms with E-state index in [4.69, 9.17) is 0 Å². The number of anilines is 1. The molecule has 0 aromatic carbocycles. The van der Waals surface area contributed by atoms with E-state index in [0.29, 0.717) is 5.56 Å². The fourth-order valence-electron chi connectivity index (χ4n) is 1.70. The molecule has 7 heteroatoms. The summed E-state index contributed by atoms with van der Waals surface area (Å²) in [6, 6.07) is 3.27. The van der Waals surface area contributed by atoms with Gasteiger partial charge in [0.2, 0.25) is 0 Å². The van der Waals surface area contributed by atoms with Gasteiger partial charge < -0.3 is 4.90 Å². The Bertz CT molecular complexity index is 607. The van der Waals surface area contributed by atoms with Crippen molar-refractivity contribution in [3.63, 3.8) is 0 Å². The smallest absolute Gasteiger partial charge is 0.271 e. The van der Waals surface area contributed by atoms with Crippen molar-refractivity contribution in [2.24, 2.45) is 5.10 Å². The number of hydrazone groups is 1. The third kappa shape index (κ3) is 4.09. The molecular weight excluding hydrogens is 286 g/mol. The molecule has 0 unspecified atom stereocenters. The monoisotopic (exact) mass is 303 g/mol. The number of carbonyl (C=O) groups excluding carboxylic acids is 1. The molecule has 6 nitrogen and oxygen atoms in total. The Balaban J connectivity index is 1.94. The fraction of sp³-hybridized carbons (Fsp3) is 0.286. The summed E-state index contributed by atoms with van der Waals surface area (Å²) in [6.45, 7) is 6.01. The maximum atomic E-state index is 11.8. The number of amides is 1. The number of rotatable bonds is 6. The molecule has 0 aliphatic rings. The van der Waals surface area contributed by atoms with Gasteiger partial charge >= 0.3 is 0 Å². The Morgan fingerprint density at radius 3 is 2.76 bits per heavy atom. The second-order valence-corrected chi connectivity index (χ2v) is 5.19. The summed E-state index contributed by atoms with van der Waals surface area (Å²) >= 11 is 1.54. The summed E-state index contributed by atoms with van der Waals surface area (Å²) in [6.07, 6.45) is 6.49. The molecule has 2 aromatic heterocycles. The highest BCUT2D eigenvalue weighted by molar-refractivity contribution is 7.17. The second kappa shape index (κ2) is 7.49. The van der Waals surface area contributed by atoms with Crippen LogP contribution in [0.2, 0.25) is 0 Å². The van der Waals surface area contributed by atoms with Gasteiger partial charge in [0.25, 0.3) is 5.91 Å². The first kappa shape index (κ1) is 15.1. The van der Waals surface area contributed by atoms with E-state index in [9.17, 15) is 4.79 Å². The average molecular weight is 303 g/mol. The first-order valence-corrected chi connectivity index (χ1v) is 7.50. The molecule has 21 heavy (non-hydrogen) atoms. The number of hydrogen-bond donors (Lipinski definition) is 1. The lowest BCUT2D eigenvalue weighted by Crippen LogP contribution is -2.21. The molecule has 0 spiro atoms. The van der Waals surface area contributed by atoms with Crippen molar-refractivity contribution in [1.82, 2.24) is 15.4 Å². The molecule has 1 N–H and O–H groups in total. The van der Waals surface area contributed by atoms with Crippen LogP contribution >= 0.6 is 11.3 Å². The number of hydrogen-bond acceptors (Lipinski definition) is 6. The summed E-state index contributed by atoms with van der Waals surface area (Å²) in [5.74, 6) is -0.262.